The van der Waals surface area contributed by atoms with Crippen LogP contribution in [-0.2, 0) is 17.6 Å². The predicted octanol–water partition coefficient (Wildman–Crippen LogP) is 0.916. The van der Waals surface area contributed by atoms with E-state index in [1.54, 1.807) is 12.5 Å². The molecule has 0 radical (unpaired) electrons. The minimum atomic E-state index is -0.0242. The van der Waals surface area contributed by atoms with Crippen molar-refractivity contribution < 1.29 is 9.32 Å². The zero-order chi connectivity index (χ0) is 13.0. The van der Waals surface area contributed by atoms with Gasteiger partial charge in [0.25, 0.3) is 0 Å². The van der Waals surface area contributed by atoms with E-state index in [0.717, 1.165) is 23.4 Å². The Morgan fingerprint density at radius 2 is 2.33 bits per heavy atom. The quantitative estimate of drug-likeness (QED) is 0.824. The van der Waals surface area contributed by atoms with E-state index in [2.05, 4.69) is 20.4 Å². The van der Waals surface area contributed by atoms with Crippen LogP contribution in [0.2, 0.25) is 0 Å². The number of H-pyrrole nitrogens is 1. The van der Waals surface area contributed by atoms with Crippen LogP contribution >= 0.6 is 0 Å². The maximum absolute atomic E-state index is 11.7. The van der Waals surface area contributed by atoms with Crippen molar-refractivity contribution in [3.63, 3.8) is 0 Å². The average molecular weight is 248 g/mol. The van der Waals surface area contributed by atoms with Gasteiger partial charge in [-0.1, -0.05) is 5.16 Å². The van der Waals surface area contributed by atoms with Gasteiger partial charge >= 0.3 is 0 Å². The van der Waals surface area contributed by atoms with E-state index in [0.29, 0.717) is 18.7 Å². The van der Waals surface area contributed by atoms with Gasteiger partial charge in [-0.25, -0.2) is 4.98 Å². The molecule has 96 valence electrons. The van der Waals surface area contributed by atoms with Crippen LogP contribution in [-0.4, -0.2) is 27.6 Å². The topological polar surface area (TPSA) is 83.8 Å². The summed E-state index contributed by atoms with van der Waals surface area (Å²) in [7, 11) is 0. The molecule has 2 aromatic rings. The predicted molar refractivity (Wildman–Crippen MR) is 65.0 cm³/mol. The van der Waals surface area contributed by atoms with Crippen LogP contribution in [0.1, 0.15) is 22.7 Å². The molecule has 2 aromatic heterocycles. The van der Waals surface area contributed by atoms with Crippen LogP contribution < -0.4 is 5.32 Å². The fourth-order valence-electron chi connectivity index (χ4n) is 1.74. The molecule has 0 bridgehead atoms. The maximum Gasteiger partial charge on any atom is 0.224 e. The molecule has 18 heavy (non-hydrogen) atoms. The fourth-order valence-corrected chi connectivity index (χ4v) is 1.74. The van der Waals surface area contributed by atoms with Crippen molar-refractivity contribution in [1.82, 2.24) is 20.4 Å². The first-order chi connectivity index (χ1) is 8.66. The number of carbonyl (C=O) groups excluding carboxylic acids is 1. The van der Waals surface area contributed by atoms with Gasteiger partial charge in [0.2, 0.25) is 5.91 Å². The second kappa shape index (κ2) is 5.48. The van der Waals surface area contributed by atoms with Crippen LogP contribution in [0.4, 0.5) is 0 Å². The van der Waals surface area contributed by atoms with E-state index in [9.17, 15) is 4.79 Å². The summed E-state index contributed by atoms with van der Waals surface area (Å²) in [4.78, 5) is 18.6. The number of nitrogens with zero attached hydrogens (tertiary/aromatic N) is 2. The Balaban J connectivity index is 1.79. The van der Waals surface area contributed by atoms with Crippen LogP contribution in [0.15, 0.2) is 17.0 Å². The Kier molecular flexibility index (Phi) is 3.76. The number of hydrogen-bond donors (Lipinski definition) is 2. The van der Waals surface area contributed by atoms with Gasteiger partial charge < -0.3 is 14.8 Å². The van der Waals surface area contributed by atoms with Crippen molar-refractivity contribution in [2.45, 2.75) is 26.7 Å². The van der Waals surface area contributed by atoms with Gasteiger partial charge in [0.1, 0.15) is 5.76 Å². The van der Waals surface area contributed by atoms with E-state index >= 15 is 0 Å². The van der Waals surface area contributed by atoms with Crippen molar-refractivity contribution >= 4 is 5.91 Å². The largest absolute Gasteiger partial charge is 0.361 e. The smallest absolute Gasteiger partial charge is 0.224 e. The highest BCUT2D eigenvalue weighted by molar-refractivity contribution is 5.78. The molecular formula is C12H16N4O2. The summed E-state index contributed by atoms with van der Waals surface area (Å²) < 4.78 is 5.02. The van der Waals surface area contributed by atoms with Crippen LogP contribution in [0.25, 0.3) is 0 Å². The summed E-state index contributed by atoms with van der Waals surface area (Å²) in [5, 5.41) is 6.68. The minimum Gasteiger partial charge on any atom is -0.361 e. The van der Waals surface area contributed by atoms with Crippen molar-refractivity contribution in [1.29, 1.82) is 0 Å². The molecule has 1 amide bonds. The number of aromatic amines is 1. The first-order valence-electron chi connectivity index (χ1n) is 5.82. The molecule has 0 aliphatic rings. The Labute approximate surface area is 105 Å². The number of aryl methyl sites for hydroxylation is 2. The molecule has 6 nitrogen and oxygen atoms in total. The average Bonchev–Trinajstić information content (AvgIpc) is 2.94. The first-order valence-corrected chi connectivity index (χ1v) is 5.82. The fraction of sp³-hybridized carbons (Fsp3) is 0.417. The van der Waals surface area contributed by atoms with E-state index < -0.39 is 0 Å². The lowest BCUT2D eigenvalue weighted by Gasteiger charge is -2.03. The third kappa shape index (κ3) is 2.97. The molecule has 0 unspecified atom stereocenters. The zero-order valence-corrected chi connectivity index (χ0v) is 10.5. The van der Waals surface area contributed by atoms with Crippen molar-refractivity contribution in [2.75, 3.05) is 6.54 Å². The van der Waals surface area contributed by atoms with Crippen molar-refractivity contribution in [3.05, 3.63) is 35.2 Å². The molecule has 6 heteroatoms. The van der Waals surface area contributed by atoms with Crippen LogP contribution in [0.3, 0.4) is 0 Å². The summed E-state index contributed by atoms with van der Waals surface area (Å²) >= 11 is 0. The molecule has 0 aliphatic carbocycles. The van der Waals surface area contributed by atoms with Gasteiger partial charge in [-0.2, -0.15) is 0 Å². The minimum absolute atomic E-state index is 0.0242. The third-order valence-electron chi connectivity index (χ3n) is 2.79. The lowest BCUT2D eigenvalue weighted by molar-refractivity contribution is -0.120. The van der Waals surface area contributed by atoms with Gasteiger partial charge in [0.05, 0.1) is 18.4 Å². The molecule has 0 aliphatic heterocycles. The summed E-state index contributed by atoms with van der Waals surface area (Å²) in [6.07, 6.45) is 4.43. The van der Waals surface area contributed by atoms with E-state index in [1.807, 2.05) is 13.8 Å². The molecule has 0 aromatic carbocycles. The zero-order valence-electron chi connectivity index (χ0n) is 10.5. The number of amides is 1. The van der Waals surface area contributed by atoms with Crippen molar-refractivity contribution in [3.8, 4) is 0 Å². The van der Waals surface area contributed by atoms with Gasteiger partial charge in [-0.15, -0.1) is 0 Å². The molecule has 0 saturated carbocycles. The number of nitrogens with one attached hydrogen (secondary N) is 2. The van der Waals surface area contributed by atoms with Crippen LogP contribution in [0, 0.1) is 13.8 Å². The lowest BCUT2D eigenvalue weighted by atomic mass is 10.1. The molecule has 2 N–H and O–H groups in total. The van der Waals surface area contributed by atoms with Gasteiger partial charge in [-0.3, -0.25) is 4.79 Å². The highest BCUT2D eigenvalue weighted by Gasteiger charge is 2.12. The molecule has 0 spiro atoms. The van der Waals surface area contributed by atoms with Crippen molar-refractivity contribution in [2.24, 2.45) is 0 Å². The normalized spacial score (nSPS) is 10.6. The highest BCUT2D eigenvalue weighted by atomic mass is 16.5. The number of imidazole rings is 1. The maximum atomic E-state index is 11.7. The molecular weight excluding hydrogens is 232 g/mol. The standard InChI is InChI=1S/C12H16N4O2/c1-8-11(9(2)18-16-8)5-12(17)14-4-3-10-6-13-7-15-10/h6-7H,3-5H2,1-2H3,(H,13,15)(H,14,17). The molecule has 0 fully saturated rings. The second-order valence-corrected chi connectivity index (χ2v) is 4.16. The monoisotopic (exact) mass is 248 g/mol. The van der Waals surface area contributed by atoms with Crippen LogP contribution in [0.5, 0.6) is 0 Å². The third-order valence-corrected chi connectivity index (χ3v) is 2.79. The summed E-state index contributed by atoms with van der Waals surface area (Å²) in [6.45, 7) is 4.24. The van der Waals surface area contributed by atoms with Gasteiger partial charge in [0.15, 0.2) is 0 Å². The number of aromatic nitrogens is 3. The molecule has 2 heterocycles. The summed E-state index contributed by atoms with van der Waals surface area (Å²) in [6, 6.07) is 0. The van der Waals surface area contributed by atoms with Gasteiger partial charge in [0, 0.05) is 30.4 Å². The highest BCUT2D eigenvalue weighted by Crippen LogP contribution is 2.12. The summed E-state index contributed by atoms with van der Waals surface area (Å²) in [5.74, 6) is 0.681. The molecule has 2 rings (SSSR count). The number of carbonyl (C=O) groups is 1. The summed E-state index contributed by atoms with van der Waals surface area (Å²) in [5.41, 5.74) is 2.65. The van der Waals surface area contributed by atoms with Gasteiger partial charge in [-0.05, 0) is 13.8 Å². The van der Waals surface area contributed by atoms with E-state index in [-0.39, 0.29) is 5.91 Å². The Morgan fingerprint density at radius 3 is 2.94 bits per heavy atom. The Hall–Kier alpha value is -2.11. The first kappa shape index (κ1) is 12.3. The SMILES string of the molecule is Cc1noc(C)c1CC(=O)NCCc1cnc[nH]1. The molecule has 0 saturated heterocycles. The lowest BCUT2D eigenvalue weighted by Crippen LogP contribution is -2.27. The number of rotatable bonds is 5. The Bertz CT molecular complexity index is 497. The van der Waals surface area contributed by atoms with E-state index in [4.69, 9.17) is 4.52 Å². The van der Waals surface area contributed by atoms with E-state index in [1.165, 1.54) is 0 Å². The Morgan fingerprint density at radius 1 is 1.50 bits per heavy atom. The number of hydrogen-bond acceptors (Lipinski definition) is 4. The second-order valence-electron chi connectivity index (χ2n) is 4.16. The molecule has 0 atom stereocenters.